The molecule has 0 radical (unpaired) electrons. The summed E-state index contributed by atoms with van der Waals surface area (Å²) in [7, 11) is -2.84. The van der Waals surface area contributed by atoms with Crippen molar-refractivity contribution in [3.8, 4) is 5.75 Å². The van der Waals surface area contributed by atoms with Crippen LogP contribution in [-0.4, -0.2) is 81.6 Å². The second-order valence-corrected chi connectivity index (χ2v) is 15.6. The molecule has 0 spiro atoms. The van der Waals surface area contributed by atoms with Crippen molar-refractivity contribution in [2.75, 3.05) is 26.0 Å². The first-order chi connectivity index (χ1) is 22.4. The Morgan fingerprint density at radius 3 is 2.52 bits per heavy atom. The summed E-state index contributed by atoms with van der Waals surface area (Å²) < 4.78 is 39.2. The molecule has 1 aliphatic rings. The van der Waals surface area contributed by atoms with Crippen LogP contribution in [0.4, 0.5) is 5.82 Å². The number of aromatic nitrogens is 3. The van der Waals surface area contributed by atoms with Crippen LogP contribution < -0.4 is 15.3 Å². The van der Waals surface area contributed by atoms with Gasteiger partial charge in [0.2, 0.25) is 0 Å². The maximum absolute atomic E-state index is 14.3. The van der Waals surface area contributed by atoms with Gasteiger partial charge in [0.05, 0.1) is 18.9 Å². The number of nitrogens with one attached hydrogen (secondary N) is 1. The topological polar surface area (TPSA) is 192 Å². The fraction of sp³-hybridized carbons (Fsp3) is 0.576. The van der Waals surface area contributed by atoms with E-state index in [1.807, 2.05) is 12.1 Å². The minimum absolute atomic E-state index is 0.00517. The smallest absolute Gasteiger partial charge is 0.459 e. The van der Waals surface area contributed by atoms with Gasteiger partial charge in [-0.25, -0.2) is 14.1 Å². The molecule has 0 bridgehead atoms. The number of hydrogen-bond acceptors (Lipinski definition) is 12. The molecule has 0 saturated carbocycles. The molecular weight excluding hydrogens is 639 g/mol. The summed E-state index contributed by atoms with van der Waals surface area (Å²) in [6.45, 7) is 13.6. The number of aliphatic imine (C=N–C) groups is 1. The number of nitrogens with zero attached hydrogens (tertiary/aromatic N) is 4. The molecular formula is C33H49N6O8P. The van der Waals surface area contributed by atoms with Gasteiger partial charge in [0.15, 0.2) is 11.4 Å². The van der Waals surface area contributed by atoms with E-state index in [4.69, 9.17) is 24.3 Å². The summed E-state index contributed by atoms with van der Waals surface area (Å²) >= 11 is 0. The van der Waals surface area contributed by atoms with E-state index in [9.17, 15) is 19.6 Å². The number of benzene rings is 1. The van der Waals surface area contributed by atoms with Crippen molar-refractivity contribution in [3.63, 3.8) is 0 Å². The minimum Gasteiger partial charge on any atom is -0.465 e. The van der Waals surface area contributed by atoms with Gasteiger partial charge in [-0.05, 0) is 54.0 Å². The van der Waals surface area contributed by atoms with Crippen molar-refractivity contribution in [1.82, 2.24) is 19.7 Å². The van der Waals surface area contributed by atoms with Crippen molar-refractivity contribution in [3.05, 3.63) is 54.0 Å². The van der Waals surface area contributed by atoms with Crippen molar-refractivity contribution in [2.24, 2.45) is 10.4 Å². The summed E-state index contributed by atoms with van der Waals surface area (Å²) in [6, 6.07) is 9.22. The van der Waals surface area contributed by atoms with Gasteiger partial charge in [0, 0.05) is 13.3 Å². The zero-order chi connectivity index (χ0) is 35.5. The van der Waals surface area contributed by atoms with Crippen LogP contribution >= 0.6 is 7.75 Å². The Morgan fingerprint density at radius 1 is 1.21 bits per heavy atom. The third-order valence-electron chi connectivity index (χ3n) is 8.73. The monoisotopic (exact) mass is 688 g/mol. The van der Waals surface area contributed by atoms with Gasteiger partial charge < -0.3 is 29.9 Å². The highest BCUT2D eigenvalue weighted by Crippen LogP contribution is 2.47. The van der Waals surface area contributed by atoms with E-state index in [1.165, 1.54) is 31.0 Å². The van der Waals surface area contributed by atoms with Gasteiger partial charge in [-0.15, -0.1) is 0 Å². The van der Waals surface area contributed by atoms with Crippen LogP contribution in [-0.2, 0) is 34.4 Å². The normalized spacial score (nSPS) is 23.8. The predicted octanol–water partition coefficient (Wildman–Crippen LogP) is 4.18. The Kier molecular flexibility index (Phi) is 11.4. The average molecular weight is 689 g/mol. The van der Waals surface area contributed by atoms with Gasteiger partial charge in [-0.2, -0.15) is 10.2 Å². The van der Waals surface area contributed by atoms with Crippen LogP contribution in [0.1, 0.15) is 72.6 Å². The van der Waals surface area contributed by atoms with Gasteiger partial charge in [-0.3, -0.25) is 14.3 Å². The molecule has 4 rings (SSSR count). The Labute approximate surface area is 281 Å². The van der Waals surface area contributed by atoms with Crippen LogP contribution in [0.5, 0.6) is 5.75 Å². The molecule has 0 aliphatic carbocycles. The SMILES string of the molecule is CCC(C)(C)CCOC(=O)[C@H](C)NP(=O)(OC[C@H]1O[C@@](C=NC)(c2ccc3c(N)ncnn23)[C@H](O)[C@@H]1O)Oc1ccc(C(C)(C)C)cc1. The van der Waals surface area contributed by atoms with E-state index in [0.29, 0.717) is 17.6 Å². The first kappa shape index (κ1) is 37.4. The van der Waals surface area contributed by atoms with E-state index in [1.54, 1.807) is 24.3 Å². The highest BCUT2D eigenvalue weighted by Gasteiger charge is 2.56. The zero-order valence-corrected chi connectivity index (χ0v) is 29.8. The second-order valence-electron chi connectivity index (χ2n) is 13.9. The summed E-state index contributed by atoms with van der Waals surface area (Å²) in [5, 5.41) is 29.5. The lowest BCUT2D eigenvalue weighted by Gasteiger charge is -2.28. The highest BCUT2D eigenvalue weighted by molar-refractivity contribution is 7.52. The zero-order valence-electron chi connectivity index (χ0n) is 28.9. The molecule has 1 saturated heterocycles. The van der Waals surface area contributed by atoms with Crippen molar-refractivity contribution in [1.29, 1.82) is 0 Å². The number of ether oxygens (including phenoxy) is 2. The van der Waals surface area contributed by atoms with E-state index in [0.717, 1.165) is 12.0 Å². The molecule has 1 aromatic carbocycles. The molecule has 14 nitrogen and oxygen atoms in total. The summed E-state index contributed by atoms with van der Waals surface area (Å²) in [5.74, 6) is -0.208. The van der Waals surface area contributed by atoms with Crippen LogP contribution in [0.3, 0.4) is 0 Å². The minimum atomic E-state index is -4.34. The first-order valence-electron chi connectivity index (χ1n) is 16.0. The number of esters is 1. The molecule has 15 heteroatoms. The number of anilines is 1. The van der Waals surface area contributed by atoms with Crippen LogP contribution in [0, 0.1) is 5.41 Å². The number of aliphatic hydroxyl groups is 2. The van der Waals surface area contributed by atoms with Crippen molar-refractivity contribution in [2.45, 2.75) is 96.7 Å². The number of aliphatic hydroxyl groups excluding tert-OH is 2. The molecule has 1 aliphatic heterocycles. The van der Waals surface area contributed by atoms with Crippen LogP contribution in [0.25, 0.3) is 5.52 Å². The second kappa shape index (κ2) is 14.6. The van der Waals surface area contributed by atoms with Gasteiger partial charge >= 0.3 is 13.7 Å². The van der Waals surface area contributed by atoms with Crippen molar-refractivity contribution < 1.29 is 38.1 Å². The Hall–Kier alpha value is -3.39. The molecule has 3 aromatic rings. The quantitative estimate of drug-likeness (QED) is 0.108. The molecule has 1 fully saturated rings. The number of hydrogen-bond donors (Lipinski definition) is 4. The lowest BCUT2D eigenvalue weighted by atomic mass is 9.87. The standard InChI is InChI=1S/C33H49N6O8P/c1-9-32(6,7)16-17-44-30(42)21(2)38-48(43,47-23-12-10-22(11-13-23)31(3,4)5)45-18-25-27(40)28(41)33(46-25,19-35-8)26-15-14-24-29(34)36-20-37-39(24)26/h10-15,19-21,25,27-28,40-41H,9,16-18H2,1-8H3,(H,38,43)(H2,34,36,37)/t21-,25+,27+,28+,33-,48?/m0/s1. The molecule has 264 valence electrons. The number of rotatable bonds is 14. The Bertz CT molecular complexity index is 1640. The lowest BCUT2D eigenvalue weighted by Crippen LogP contribution is -2.43. The van der Waals surface area contributed by atoms with E-state index in [2.05, 4.69) is 61.7 Å². The fourth-order valence-corrected chi connectivity index (χ4v) is 6.74. The molecule has 3 heterocycles. The maximum atomic E-state index is 14.3. The highest BCUT2D eigenvalue weighted by atomic mass is 31.2. The number of nitrogen functional groups attached to an aromatic ring is 1. The Morgan fingerprint density at radius 2 is 1.90 bits per heavy atom. The summed E-state index contributed by atoms with van der Waals surface area (Å²) in [4.78, 5) is 21.0. The van der Waals surface area contributed by atoms with Crippen molar-refractivity contribution >= 4 is 31.3 Å². The van der Waals surface area contributed by atoms with Gasteiger partial charge in [0.25, 0.3) is 0 Å². The molecule has 5 N–H and O–H groups in total. The van der Waals surface area contributed by atoms with Crippen LogP contribution in [0.2, 0.25) is 0 Å². The predicted molar refractivity (Wildman–Crippen MR) is 182 cm³/mol. The summed E-state index contributed by atoms with van der Waals surface area (Å²) in [6.07, 6.45) is -0.0937. The van der Waals surface area contributed by atoms with E-state index >= 15 is 0 Å². The molecule has 48 heavy (non-hydrogen) atoms. The fourth-order valence-electron chi connectivity index (χ4n) is 5.24. The third-order valence-corrected chi connectivity index (χ3v) is 10.4. The first-order valence-corrected chi connectivity index (χ1v) is 17.5. The number of carbonyl (C=O) groups is 1. The van der Waals surface area contributed by atoms with Gasteiger partial charge in [-0.1, -0.05) is 60.1 Å². The molecule has 6 atom stereocenters. The molecule has 0 amide bonds. The largest absolute Gasteiger partial charge is 0.465 e. The number of fused-ring (bicyclic) bond motifs is 1. The average Bonchev–Trinajstić information content (AvgIpc) is 3.56. The lowest BCUT2D eigenvalue weighted by molar-refractivity contribution is -0.146. The maximum Gasteiger partial charge on any atom is 0.459 e. The number of carbonyl (C=O) groups excluding carboxylic acids is 1. The molecule has 2 aromatic heterocycles. The third kappa shape index (κ3) is 8.24. The van der Waals surface area contributed by atoms with E-state index < -0.39 is 50.3 Å². The Balaban J connectivity index is 1.57. The molecule has 1 unspecified atom stereocenters. The van der Waals surface area contributed by atoms with E-state index in [-0.39, 0.29) is 29.0 Å². The van der Waals surface area contributed by atoms with Crippen LogP contribution in [0.15, 0.2) is 47.7 Å². The summed E-state index contributed by atoms with van der Waals surface area (Å²) in [5.41, 5.74) is 6.01. The van der Waals surface area contributed by atoms with Gasteiger partial charge in [0.1, 0.15) is 41.9 Å². The number of nitrogens with two attached hydrogens (primary N) is 1.